The fourth-order valence-electron chi connectivity index (χ4n) is 2.75. The van der Waals surface area contributed by atoms with Crippen LogP contribution in [0.4, 0.5) is 0 Å². The van der Waals surface area contributed by atoms with Crippen molar-refractivity contribution in [2.24, 2.45) is 0 Å². The van der Waals surface area contributed by atoms with Crippen LogP contribution in [-0.2, 0) is 0 Å². The molecule has 2 unspecified atom stereocenters. The van der Waals surface area contributed by atoms with Crippen LogP contribution < -0.4 is 5.32 Å². The standard InChI is InChI=1S/C12H24N2S/c1-3-11-9-14(7-6-13-11)10-12(2)5-4-8-15-12/h11,13H,3-10H2,1-2H3. The highest BCUT2D eigenvalue weighted by Crippen LogP contribution is 2.38. The van der Waals surface area contributed by atoms with Crippen molar-refractivity contribution < 1.29 is 0 Å². The first-order valence-corrected chi connectivity index (χ1v) is 7.30. The Hall–Kier alpha value is 0.270. The maximum atomic E-state index is 3.59. The summed E-state index contributed by atoms with van der Waals surface area (Å²) in [6.07, 6.45) is 4.10. The van der Waals surface area contributed by atoms with E-state index in [0.29, 0.717) is 4.75 Å². The number of nitrogens with one attached hydrogen (secondary N) is 1. The Morgan fingerprint density at radius 3 is 3.07 bits per heavy atom. The van der Waals surface area contributed by atoms with Gasteiger partial charge in [0.2, 0.25) is 0 Å². The van der Waals surface area contributed by atoms with E-state index in [0.717, 1.165) is 6.04 Å². The van der Waals surface area contributed by atoms with Crippen molar-refractivity contribution in [2.75, 3.05) is 31.9 Å². The molecule has 2 fully saturated rings. The van der Waals surface area contributed by atoms with Crippen molar-refractivity contribution in [1.29, 1.82) is 0 Å². The van der Waals surface area contributed by atoms with Gasteiger partial charge >= 0.3 is 0 Å². The topological polar surface area (TPSA) is 15.3 Å². The lowest BCUT2D eigenvalue weighted by Gasteiger charge is -2.37. The Labute approximate surface area is 98.2 Å². The molecule has 1 N–H and O–H groups in total. The molecule has 88 valence electrons. The van der Waals surface area contributed by atoms with Gasteiger partial charge in [-0.1, -0.05) is 6.92 Å². The molecule has 2 saturated heterocycles. The van der Waals surface area contributed by atoms with E-state index in [1.165, 1.54) is 51.2 Å². The predicted octanol–water partition coefficient (Wildman–Crippen LogP) is 1.96. The van der Waals surface area contributed by atoms with Crippen LogP contribution in [0.15, 0.2) is 0 Å². The number of nitrogens with zero attached hydrogens (tertiary/aromatic N) is 1. The van der Waals surface area contributed by atoms with Gasteiger partial charge in [-0.15, -0.1) is 0 Å². The number of piperazine rings is 1. The minimum absolute atomic E-state index is 0.551. The molecule has 0 radical (unpaired) electrons. The molecule has 0 aromatic carbocycles. The Bertz CT molecular complexity index is 202. The first-order valence-electron chi connectivity index (χ1n) is 6.31. The van der Waals surface area contributed by atoms with Crippen LogP contribution in [-0.4, -0.2) is 47.6 Å². The van der Waals surface area contributed by atoms with E-state index >= 15 is 0 Å². The lowest BCUT2D eigenvalue weighted by Crippen LogP contribution is -2.53. The van der Waals surface area contributed by atoms with E-state index in [4.69, 9.17) is 0 Å². The Kier molecular flexibility index (Phi) is 3.97. The van der Waals surface area contributed by atoms with Gasteiger partial charge in [-0.05, 0) is 31.9 Å². The fourth-order valence-corrected chi connectivity index (χ4v) is 4.09. The van der Waals surface area contributed by atoms with E-state index in [2.05, 4.69) is 35.8 Å². The molecule has 2 rings (SSSR count). The molecule has 2 aliphatic heterocycles. The van der Waals surface area contributed by atoms with Crippen LogP contribution in [0.2, 0.25) is 0 Å². The van der Waals surface area contributed by atoms with Crippen LogP contribution in [0, 0.1) is 0 Å². The maximum absolute atomic E-state index is 3.59. The third-order valence-electron chi connectivity index (χ3n) is 3.69. The third-order valence-corrected chi connectivity index (χ3v) is 5.21. The predicted molar refractivity (Wildman–Crippen MR) is 68.6 cm³/mol. The highest BCUT2D eigenvalue weighted by atomic mass is 32.2. The molecular formula is C12H24N2S. The second-order valence-corrected chi connectivity index (χ2v) is 6.88. The Balaban J connectivity index is 1.83. The van der Waals surface area contributed by atoms with Gasteiger partial charge in [-0.25, -0.2) is 0 Å². The highest BCUT2D eigenvalue weighted by molar-refractivity contribution is 8.00. The maximum Gasteiger partial charge on any atom is 0.0259 e. The molecule has 0 aromatic heterocycles. The van der Waals surface area contributed by atoms with Gasteiger partial charge in [-0.2, -0.15) is 11.8 Å². The van der Waals surface area contributed by atoms with Gasteiger partial charge in [-0.3, -0.25) is 4.90 Å². The van der Waals surface area contributed by atoms with Crippen molar-refractivity contribution in [2.45, 2.75) is 43.9 Å². The summed E-state index contributed by atoms with van der Waals surface area (Å²) in [5, 5.41) is 3.59. The average Bonchev–Trinajstić information content (AvgIpc) is 2.65. The van der Waals surface area contributed by atoms with Gasteiger partial charge < -0.3 is 5.32 Å². The second kappa shape index (κ2) is 5.07. The summed E-state index contributed by atoms with van der Waals surface area (Å²) in [4.78, 5) is 2.67. The van der Waals surface area contributed by atoms with Gasteiger partial charge in [0.15, 0.2) is 0 Å². The molecular weight excluding hydrogens is 204 g/mol. The van der Waals surface area contributed by atoms with Crippen LogP contribution >= 0.6 is 11.8 Å². The van der Waals surface area contributed by atoms with Crippen LogP contribution in [0.3, 0.4) is 0 Å². The third kappa shape index (κ3) is 3.11. The van der Waals surface area contributed by atoms with Crippen molar-refractivity contribution in [3.8, 4) is 0 Å². The fraction of sp³-hybridized carbons (Fsp3) is 1.00. The zero-order chi connectivity index (χ0) is 10.7. The summed E-state index contributed by atoms with van der Waals surface area (Å²) in [5.74, 6) is 1.37. The van der Waals surface area contributed by atoms with Gasteiger partial charge in [0.25, 0.3) is 0 Å². The van der Waals surface area contributed by atoms with Crippen molar-refractivity contribution in [1.82, 2.24) is 10.2 Å². The quantitative estimate of drug-likeness (QED) is 0.795. The first kappa shape index (κ1) is 11.7. The van der Waals surface area contributed by atoms with Crippen LogP contribution in [0.25, 0.3) is 0 Å². The monoisotopic (exact) mass is 228 g/mol. The molecule has 15 heavy (non-hydrogen) atoms. The zero-order valence-corrected chi connectivity index (χ0v) is 10.9. The van der Waals surface area contributed by atoms with Crippen LogP contribution in [0.5, 0.6) is 0 Å². The largest absolute Gasteiger partial charge is 0.311 e. The molecule has 2 atom stereocenters. The van der Waals surface area contributed by atoms with Gasteiger partial charge in [0, 0.05) is 37.0 Å². The van der Waals surface area contributed by atoms with Crippen molar-refractivity contribution >= 4 is 11.8 Å². The van der Waals surface area contributed by atoms with E-state index < -0.39 is 0 Å². The Morgan fingerprint density at radius 1 is 1.53 bits per heavy atom. The summed E-state index contributed by atoms with van der Waals surface area (Å²) in [5.41, 5.74) is 0. The summed E-state index contributed by atoms with van der Waals surface area (Å²) in [6, 6.07) is 0.730. The summed E-state index contributed by atoms with van der Waals surface area (Å²) < 4.78 is 0.551. The normalized spacial score (nSPS) is 38.4. The number of thioether (sulfide) groups is 1. The molecule has 0 aromatic rings. The Morgan fingerprint density at radius 2 is 2.40 bits per heavy atom. The first-order chi connectivity index (χ1) is 7.22. The number of hydrogen-bond donors (Lipinski definition) is 1. The van der Waals surface area contributed by atoms with E-state index in [-0.39, 0.29) is 0 Å². The molecule has 0 saturated carbocycles. The van der Waals surface area contributed by atoms with Gasteiger partial charge in [0.05, 0.1) is 0 Å². The summed E-state index contributed by atoms with van der Waals surface area (Å²) in [7, 11) is 0. The van der Waals surface area contributed by atoms with E-state index in [9.17, 15) is 0 Å². The summed E-state index contributed by atoms with van der Waals surface area (Å²) in [6.45, 7) is 9.72. The lowest BCUT2D eigenvalue weighted by atomic mass is 10.0. The number of hydrogen-bond acceptors (Lipinski definition) is 3. The SMILES string of the molecule is CCC1CN(CC2(C)CCCS2)CCN1. The minimum Gasteiger partial charge on any atom is -0.311 e. The smallest absolute Gasteiger partial charge is 0.0259 e. The number of rotatable bonds is 3. The molecule has 0 amide bonds. The molecule has 0 aliphatic carbocycles. The van der Waals surface area contributed by atoms with E-state index in [1.807, 2.05) is 0 Å². The highest BCUT2D eigenvalue weighted by Gasteiger charge is 2.32. The molecule has 2 heterocycles. The average molecular weight is 228 g/mol. The molecule has 2 aliphatic rings. The zero-order valence-electron chi connectivity index (χ0n) is 10.1. The second-order valence-electron chi connectivity index (χ2n) is 5.20. The van der Waals surface area contributed by atoms with Crippen LogP contribution in [0.1, 0.15) is 33.1 Å². The molecule has 0 bridgehead atoms. The minimum atomic E-state index is 0.551. The molecule has 2 nitrogen and oxygen atoms in total. The van der Waals surface area contributed by atoms with Crippen molar-refractivity contribution in [3.63, 3.8) is 0 Å². The van der Waals surface area contributed by atoms with Gasteiger partial charge in [0.1, 0.15) is 0 Å². The molecule has 3 heteroatoms. The summed E-state index contributed by atoms with van der Waals surface area (Å²) >= 11 is 2.19. The lowest BCUT2D eigenvalue weighted by molar-refractivity contribution is 0.182. The molecule has 0 spiro atoms. The van der Waals surface area contributed by atoms with Crippen molar-refractivity contribution in [3.05, 3.63) is 0 Å². The van der Waals surface area contributed by atoms with E-state index in [1.54, 1.807) is 0 Å².